The summed E-state index contributed by atoms with van der Waals surface area (Å²) >= 11 is 0. The number of ether oxygens (including phenoxy) is 1. The number of nitrogens with one attached hydrogen (secondary N) is 1. The van der Waals surface area contributed by atoms with Crippen molar-refractivity contribution in [3.8, 4) is 0 Å². The predicted octanol–water partition coefficient (Wildman–Crippen LogP) is 2.11. The third kappa shape index (κ3) is 4.89. The fourth-order valence-corrected chi connectivity index (χ4v) is 3.61. The van der Waals surface area contributed by atoms with Gasteiger partial charge in [0.15, 0.2) is 0 Å². The van der Waals surface area contributed by atoms with Crippen LogP contribution in [-0.2, 0) is 14.8 Å². The van der Waals surface area contributed by atoms with Gasteiger partial charge in [-0.15, -0.1) is 0 Å². The number of nitrogens with two attached hydrogens (primary N) is 1. The average Bonchev–Trinajstić information content (AvgIpc) is 2.53. The maximum Gasteiger partial charge on any atom is 0.293 e. The van der Waals surface area contributed by atoms with Crippen LogP contribution >= 0.6 is 0 Å². The first kappa shape index (κ1) is 18.6. The number of hydrogen-bond acceptors (Lipinski definition) is 6. The molecule has 1 fully saturated rings. The van der Waals surface area contributed by atoms with E-state index in [0.717, 1.165) is 38.4 Å². The Morgan fingerprint density at radius 3 is 2.46 bits per heavy atom. The molecule has 0 amide bonds. The Labute approximate surface area is 141 Å². The first-order valence-electron chi connectivity index (χ1n) is 7.85. The molecule has 0 atom stereocenters. The molecule has 1 aliphatic carbocycles. The molecule has 0 aromatic heterocycles. The van der Waals surface area contributed by atoms with Gasteiger partial charge < -0.3 is 10.1 Å². The standard InChI is InChI=1S/C15H23N3O5S/c1-23-10-12-4-2-11(3-5-12)9-17-14-7-6-13(24(16,21)22)8-15(14)18(19)20/h6-8,11-12,17H,2-5,9-10H2,1H3,(H2,16,21,22)/t11-,12-. The molecule has 9 heteroatoms. The number of primary sulfonamides is 1. The summed E-state index contributed by atoms with van der Waals surface area (Å²) in [5.41, 5.74) is 0.0287. The molecule has 0 bridgehead atoms. The second-order valence-corrected chi connectivity index (χ2v) is 7.77. The number of benzene rings is 1. The molecule has 1 aromatic carbocycles. The van der Waals surface area contributed by atoms with Crippen LogP contribution in [0.4, 0.5) is 11.4 Å². The second kappa shape index (κ2) is 7.91. The summed E-state index contributed by atoms with van der Waals surface area (Å²) in [4.78, 5) is 10.3. The number of hydrogen-bond donors (Lipinski definition) is 2. The number of nitrogens with zero attached hydrogens (tertiary/aromatic N) is 1. The second-order valence-electron chi connectivity index (χ2n) is 6.20. The fourth-order valence-electron chi connectivity index (χ4n) is 3.08. The van der Waals surface area contributed by atoms with E-state index in [9.17, 15) is 18.5 Å². The van der Waals surface area contributed by atoms with Crippen molar-refractivity contribution in [2.24, 2.45) is 17.0 Å². The zero-order valence-electron chi connectivity index (χ0n) is 13.6. The number of methoxy groups -OCH3 is 1. The molecule has 2 rings (SSSR count). The van der Waals surface area contributed by atoms with Crippen LogP contribution < -0.4 is 10.5 Å². The van der Waals surface area contributed by atoms with E-state index in [2.05, 4.69) is 5.32 Å². The molecule has 0 saturated heterocycles. The van der Waals surface area contributed by atoms with E-state index in [1.807, 2.05) is 0 Å². The van der Waals surface area contributed by atoms with Crippen molar-refractivity contribution in [1.29, 1.82) is 0 Å². The predicted molar refractivity (Wildman–Crippen MR) is 90.3 cm³/mol. The smallest absolute Gasteiger partial charge is 0.293 e. The van der Waals surface area contributed by atoms with Crippen LogP contribution in [0.3, 0.4) is 0 Å². The largest absolute Gasteiger partial charge is 0.384 e. The summed E-state index contributed by atoms with van der Waals surface area (Å²) in [6.45, 7) is 1.40. The lowest BCUT2D eigenvalue weighted by atomic mass is 9.82. The number of anilines is 1. The Balaban J connectivity index is 2.01. The van der Waals surface area contributed by atoms with Crippen LogP contribution in [0.15, 0.2) is 23.1 Å². The highest BCUT2D eigenvalue weighted by Crippen LogP contribution is 2.31. The van der Waals surface area contributed by atoms with E-state index in [-0.39, 0.29) is 10.6 Å². The molecular formula is C15H23N3O5S. The van der Waals surface area contributed by atoms with E-state index >= 15 is 0 Å². The van der Waals surface area contributed by atoms with Gasteiger partial charge in [0.2, 0.25) is 10.0 Å². The minimum atomic E-state index is -3.97. The van der Waals surface area contributed by atoms with Gasteiger partial charge in [-0.1, -0.05) is 0 Å². The van der Waals surface area contributed by atoms with Gasteiger partial charge in [-0.05, 0) is 49.7 Å². The molecule has 1 saturated carbocycles. The minimum absolute atomic E-state index is 0.264. The maximum atomic E-state index is 11.3. The number of nitro benzene ring substituents is 1. The van der Waals surface area contributed by atoms with Crippen molar-refractivity contribution in [2.75, 3.05) is 25.6 Å². The normalized spacial score (nSPS) is 21.4. The molecule has 0 aliphatic heterocycles. The van der Waals surface area contributed by atoms with Crippen LogP contribution in [0, 0.1) is 22.0 Å². The van der Waals surface area contributed by atoms with Crippen LogP contribution in [0.1, 0.15) is 25.7 Å². The van der Waals surface area contributed by atoms with E-state index < -0.39 is 14.9 Å². The van der Waals surface area contributed by atoms with Crippen LogP contribution in [-0.4, -0.2) is 33.6 Å². The Morgan fingerprint density at radius 1 is 1.29 bits per heavy atom. The van der Waals surface area contributed by atoms with Gasteiger partial charge in [0, 0.05) is 26.3 Å². The van der Waals surface area contributed by atoms with Gasteiger partial charge in [0.05, 0.1) is 9.82 Å². The Bertz CT molecular complexity index is 684. The fraction of sp³-hybridized carbons (Fsp3) is 0.600. The topological polar surface area (TPSA) is 125 Å². The number of rotatable bonds is 7. The highest BCUT2D eigenvalue weighted by atomic mass is 32.2. The van der Waals surface area contributed by atoms with Crippen molar-refractivity contribution >= 4 is 21.4 Å². The number of nitro groups is 1. The monoisotopic (exact) mass is 357 g/mol. The minimum Gasteiger partial charge on any atom is -0.384 e. The summed E-state index contributed by atoms with van der Waals surface area (Å²) < 4.78 is 27.8. The Morgan fingerprint density at radius 2 is 1.92 bits per heavy atom. The van der Waals surface area contributed by atoms with Gasteiger partial charge in [-0.25, -0.2) is 13.6 Å². The molecule has 0 spiro atoms. The van der Waals surface area contributed by atoms with Crippen molar-refractivity contribution in [1.82, 2.24) is 0 Å². The van der Waals surface area contributed by atoms with Gasteiger partial charge in [-0.3, -0.25) is 10.1 Å². The molecule has 0 unspecified atom stereocenters. The van der Waals surface area contributed by atoms with E-state index in [4.69, 9.17) is 9.88 Å². The lowest BCUT2D eigenvalue weighted by Gasteiger charge is -2.28. The molecule has 1 aromatic rings. The lowest BCUT2D eigenvalue weighted by Crippen LogP contribution is -2.23. The first-order valence-corrected chi connectivity index (χ1v) is 9.40. The van der Waals surface area contributed by atoms with E-state index in [1.54, 1.807) is 7.11 Å². The molecule has 24 heavy (non-hydrogen) atoms. The SMILES string of the molecule is COC[C@H]1CC[C@H](CNc2ccc(S(N)(=O)=O)cc2[N+](=O)[O-])CC1. The summed E-state index contributed by atoms with van der Waals surface area (Å²) in [6.07, 6.45) is 4.27. The van der Waals surface area contributed by atoms with E-state index in [0.29, 0.717) is 24.1 Å². The van der Waals surface area contributed by atoms with Crippen molar-refractivity contribution in [3.63, 3.8) is 0 Å². The quantitative estimate of drug-likeness (QED) is 0.569. The van der Waals surface area contributed by atoms with Crippen LogP contribution in [0.5, 0.6) is 0 Å². The molecule has 1 aliphatic rings. The zero-order chi connectivity index (χ0) is 17.7. The van der Waals surface area contributed by atoms with Gasteiger partial charge in [0.1, 0.15) is 5.69 Å². The molecule has 8 nitrogen and oxygen atoms in total. The molecule has 0 radical (unpaired) electrons. The molecule has 0 heterocycles. The van der Waals surface area contributed by atoms with Gasteiger partial charge in [-0.2, -0.15) is 0 Å². The van der Waals surface area contributed by atoms with Gasteiger partial charge >= 0.3 is 0 Å². The average molecular weight is 357 g/mol. The van der Waals surface area contributed by atoms with E-state index in [1.165, 1.54) is 12.1 Å². The first-order chi connectivity index (χ1) is 11.3. The molecule has 134 valence electrons. The van der Waals surface area contributed by atoms with Gasteiger partial charge in [0.25, 0.3) is 5.69 Å². The van der Waals surface area contributed by atoms with Crippen molar-refractivity contribution in [2.45, 2.75) is 30.6 Å². The Hall–Kier alpha value is -1.71. The number of sulfonamides is 1. The van der Waals surface area contributed by atoms with Crippen LogP contribution in [0.25, 0.3) is 0 Å². The third-order valence-corrected chi connectivity index (χ3v) is 5.36. The Kier molecular flexibility index (Phi) is 6.14. The van der Waals surface area contributed by atoms with Crippen molar-refractivity contribution < 1.29 is 18.1 Å². The highest BCUT2D eigenvalue weighted by Gasteiger charge is 2.23. The summed E-state index contributed by atoms with van der Waals surface area (Å²) in [6, 6.07) is 3.67. The highest BCUT2D eigenvalue weighted by molar-refractivity contribution is 7.89. The molecular weight excluding hydrogens is 334 g/mol. The summed E-state index contributed by atoms with van der Waals surface area (Å²) in [5.74, 6) is 1.03. The maximum absolute atomic E-state index is 11.3. The lowest BCUT2D eigenvalue weighted by molar-refractivity contribution is -0.384. The zero-order valence-corrected chi connectivity index (χ0v) is 14.4. The molecule has 3 N–H and O–H groups in total. The van der Waals surface area contributed by atoms with Crippen LogP contribution in [0.2, 0.25) is 0 Å². The summed E-state index contributed by atoms with van der Waals surface area (Å²) in [7, 11) is -2.26. The third-order valence-electron chi connectivity index (χ3n) is 4.44. The summed E-state index contributed by atoms with van der Waals surface area (Å²) in [5, 5.41) is 19.3. The van der Waals surface area contributed by atoms with Crippen molar-refractivity contribution in [3.05, 3.63) is 28.3 Å².